The highest BCUT2D eigenvalue weighted by Crippen LogP contribution is 2.32. The molecule has 0 saturated heterocycles. The van der Waals surface area contributed by atoms with Crippen LogP contribution in [0.5, 0.6) is 11.5 Å². The van der Waals surface area contributed by atoms with E-state index in [2.05, 4.69) is 14.7 Å². The van der Waals surface area contributed by atoms with Gasteiger partial charge in [0.15, 0.2) is 11.5 Å². The summed E-state index contributed by atoms with van der Waals surface area (Å²) >= 11 is 6.41. The quantitative estimate of drug-likeness (QED) is 0.464. The summed E-state index contributed by atoms with van der Waals surface area (Å²) < 4.78 is 61.4. The zero-order chi connectivity index (χ0) is 23.5. The van der Waals surface area contributed by atoms with E-state index < -0.39 is 16.6 Å². The maximum Gasteiger partial charge on any atom is 0.387 e. The molecule has 0 aliphatic heterocycles. The van der Waals surface area contributed by atoms with Crippen molar-refractivity contribution < 1.29 is 26.7 Å². The number of sulfonamides is 1. The van der Waals surface area contributed by atoms with Gasteiger partial charge in [0.1, 0.15) is 5.82 Å². The molecule has 0 unspecified atom stereocenters. The van der Waals surface area contributed by atoms with Crippen LogP contribution in [0.2, 0.25) is 0 Å². The van der Waals surface area contributed by atoms with Gasteiger partial charge in [0.2, 0.25) is 10.0 Å². The third-order valence-corrected chi connectivity index (χ3v) is 7.05. The van der Waals surface area contributed by atoms with Gasteiger partial charge in [-0.15, -0.1) is 0 Å². The number of fused-ring (bicyclic) bond motifs is 1. The molecule has 0 fully saturated rings. The van der Waals surface area contributed by atoms with E-state index in [1.54, 1.807) is 32.1 Å². The Morgan fingerprint density at radius 3 is 2.53 bits per heavy atom. The molecule has 32 heavy (non-hydrogen) atoms. The highest BCUT2D eigenvalue weighted by Gasteiger charge is 2.22. The predicted molar refractivity (Wildman–Crippen MR) is 120 cm³/mol. The Labute approximate surface area is 189 Å². The van der Waals surface area contributed by atoms with E-state index in [4.69, 9.17) is 16.3 Å². The van der Waals surface area contributed by atoms with Crippen LogP contribution in [0.4, 0.5) is 8.78 Å². The second-order valence-corrected chi connectivity index (χ2v) is 8.98. The second-order valence-electron chi connectivity index (χ2n) is 6.63. The third kappa shape index (κ3) is 5.03. The SMILES string of the molecule is CCN(CC)S(=O)(=O)c1ccc2nc(C(Cl)=Cc3ccc(OC(F)F)c(OC)c3)[nH]c2c1. The molecular formula is C21H22ClF2N3O4S. The zero-order valence-corrected chi connectivity index (χ0v) is 19.2. The highest BCUT2D eigenvalue weighted by molar-refractivity contribution is 7.89. The summed E-state index contributed by atoms with van der Waals surface area (Å²) in [4.78, 5) is 7.57. The second kappa shape index (κ2) is 9.85. The fourth-order valence-corrected chi connectivity index (χ4v) is 4.86. The molecule has 0 amide bonds. The van der Waals surface area contributed by atoms with Crippen LogP contribution >= 0.6 is 11.6 Å². The van der Waals surface area contributed by atoms with Crippen molar-refractivity contribution in [2.75, 3.05) is 20.2 Å². The van der Waals surface area contributed by atoms with Crippen LogP contribution in [-0.4, -0.2) is 49.5 Å². The normalized spacial score (nSPS) is 12.7. The summed E-state index contributed by atoms with van der Waals surface area (Å²) in [5.74, 6) is 0.353. The monoisotopic (exact) mass is 485 g/mol. The summed E-state index contributed by atoms with van der Waals surface area (Å²) in [7, 11) is -2.27. The van der Waals surface area contributed by atoms with Crippen molar-refractivity contribution in [3.8, 4) is 11.5 Å². The summed E-state index contributed by atoms with van der Waals surface area (Å²) in [5.41, 5.74) is 1.63. The van der Waals surface area contributed by atoms with Gasteiger partial charge < -0.3 is 14.5 Å². The number of hydrogen-bond acceptors (Lipinski definition) is 5. The molecule has 0 bridgehead atoms. The molecule has 3 rings (SSSR count). The van der Waals surface area contributed by atoms with Crippen LogP contribution in [0.25, 0.3) is 22.1 Å². The lowest BCUT2D eigenvalue weighted by Crippen LogP contribution is -2.30. The highest BCUT2D eigenvalue weighted by atomic mass is 35.5. The first-order valence-electron chi connectivity index (χ1n) is 9.69. The topological polar surface area (TPSA) is 84.5 Å². The van der Waals surface area contributed by atoms with Crippen molar-refractivity contribution in [1.82, 2.24) is 14.3 Å². The number of nitrogens with zero attached hydrogens (tertiary/aromatic N) is 2. The first kappa shape index (κ1) is 24.0. The van der Waals surface area contributed by atoms with Gasteiger partial charge in [-0.1, -0.05) is 31.5 Å². The molecule has 3 aromatic rings. The first-order chi connectivity index (χ1) is 15.2. The lowest BCUT2D eigenvalue weighted by Gasteiger charge is -2.18. The van der Waals surface area contributed by atoms with Crippen molar-refractivity contribution >= 4 is 43.8 Å². The first-order valence-corrected chi connectivity index (χ1v) is 11.5. The summed E-state index contributed by atoms with van der Waals surface area (Å²) in [6, 6.07) is 9.02. The summed E-state index contributed by atoms with van der Waals surface area (Å²) in [6.45, 7) is 1.31. The molecule has 2 aromatic carbocycles. The third-order valence-electron chi connectivity index (χ3n) is 4.72. The Hall–Kier alpha value is -2.69. The number of rotatable bonds is 9. The van der Waals surface area contributed by atoms with Gasteiger partial charge in [-0.25, -0.2) is 13.4 Å². The fraction of sp³-hybridized carbons (Fsp3) is 0.286. The standard InChI is InChI=1S/C21H22ClF2N3O4S/c1-4-27(5-2)32(28,29)14-7-8-16-17(12-14)26-20(25-16)15(22)10-13-6-9-18(31-21(23)24)19(11-13)30-3/h6-12,21H,4-5H2,1-3H3,(H,25,26). The molecule has 0 atom stereocenters. The van der Waals surface area contributed by atoms with E-state index in [1.165, 1.54) is 35.7 Å². The van der Waals surface area contributed by atoms with Crippen molar-refractivity contribution in [1.29, 1.82) is 0 Å². The maximum absolute atomic E-state index is 12.8. The number of aromatic nitrogens is 2. The fourth-order valence-electron chi connectivity index (χ4n) is 3.16. The van der Waals surface area contributed by atoms with Crippen molar-refractivity contribution in [3.63, 3.8) is 0 Å². The maximum atomic E-state index is 12.8. The zero-order valence-electron chi connectivity index (χ0n) is 17.6. The molecule has 0 radical (unpaired) electrons. The van der Waals surface area contributed by atoms with Crippen LogP contribution in [-0.2, 0) is 10.0 Å². The van der Waals surface area contributed by atoms with Gasteiger partial charge in [-0.3, -0.25) is 0 Å². The number of imidazole rings is 1. The number of methoxy groups -OCH3 is 1. The van der Waals surface area contributed by atoms with E-state index >= 15 is 0 Å². The van der Waals surface area contributed by atoms with Gasteiger partial charge in [0.05, 0.1) is 28.1 Å². The average Bonchev–Trinajstić information content (AvgIpc) is 3.18. The van der Waals surface area contributed by atoms with E-state index in [9.17, 15) is 17.2 Å². The van der Waals surface area contributed by atoms with Gasteiger partial charge in [-0.2, -0.15) is 13.1 Å². The Balaban J connectivity index is 1.93. The molecule has 0 spiro atoms. The number of benzene rings is 2. The minimum absolute atomic E-state index is 0.0959. The van der Waals surface area contributed by atoms with Crippen molar-refractivity contribution in [2.45, 2.75) is 25.4 Å². The number of hydrogen-bond donors (Lipinski definition) is 1. The van der Waals surface area contributed by atoms with Crippen molar-refractivity contribution in [2.24, 2.45) is 0 Å². The molecule has 1 heterocycles. The predicted octanol–water partition coefficient (Wildman–Crippen LogP) is 4.94. The lowest BCUT2D eigenvalue weighted by molar-refractivity contribution is -0.0512. The van der Waals surface area contributed by atoms with Gasteiger partial charge >= 0.3 is 6.61 Å². The lowest BCUT2D eigenvalue weighted by atomic mass is 10.2. The van der Waals surface area contributed by atoms with E-state index in [1.807, 2.05) is 0 Å². The number of halogens is 3. The summed E-state index contributed by atoms with van der Waals surface area (Å²) in [6.07, 6.45) is 1.57. The minimum atomic E-state index is -3.61. The average molecular weight is 486 g/mol. The smallest absolute Gasteiger partial charge is 0.387 e. The van der Waals surface area contributed by atoms with E-state index in [0.717, 1.165) is 0 Å². The molecule has 0 aliphatic rings. The molecular weight excluding hydrogens is 464 g/mol. The van der Waals surface area contributed by atoms with Crippen LogP contribution in [0.1, 0.15) is 25.2 Å². The van der Waals surface area contributed by atoms with Gasteiger partial charge in [0.25, 0.3) is 0 Å². The molecule has 1 aromatic heterocycles. The van der Waals surface area contributed by atoms with Crippen LogP contribution in [0.15, 0.2) is 41.3 Å². The van der Waals surface area contributed by atoms with Gasteiger partial charge in [0, 0.05) is 13.1 Å². The Morgan fingerprint density at radius 2 is 1.91 bits per heavy atom. The molecule has 11 heteroatoms. The number of alkyl halides is 2. The van der Waals surface area contributed by atoms with Crippen LogP contribution in [0, 0.1) is 0 Å². The molecule has 7 nitrogen and oxygen atoms in total. The number of H-pyrrole nitrogens is 1. The van der Waals surface area contributed by atoms with Gasteiger partial charge in [-0.05, 0) is 42.0 Å². The molecule has 0 aliphatic carbocycles. The molecule has 0 saturated carbocycles. The largest absolute Gasteiger partial charge is 0.493 e. The molecule has 172 valence electrons. The van der Waals surface area contributed by atoms with Crippen LogP contribution in [0.3, 0.4) is 0 Å². The Bertz CT molecular complexity index is 1240. The summed E-state index contributed by atoms with van der Waals surface area (Å²) in [5, 5.41) is 0.235. The minimum Gasteiger partial charge on any atom is -0.493 e. The number of aromatic amines is 1. The van der Waals surface area contributed by atoms with E-state index in [0.29, 0.717) is 35.5 Å². The Kier molecular flexibility index (Phi) is 7.37. The number of nitrogens with one attached hydrogen (secondary N) is 1. The van der Waals surface area contributed by atoms with Crippen LogP contribution < -0.4 is 9.47 Å². The Morgan fingerprint density at radius 1 is 1.19 bits per heavy atom. The van der Waals surface area contributed by atoms with E-state index in [-0.39, 0.29) is 21.4 Å². The number of ether oxygens (including phenoxy) is 2. The molecule has 1 N–H and O–H groups in total. The van der Waals surface area contributed by atoms with Crippen molar-refractivity contribution in [3.05, 3.63) is 47.8 Å².